The van der Waals surface area contributed by atoms with Crippen LogP contribution in [0.2, 0.25) is 0 Å². The van der Waals surface area contributed by atoms with Gasteiger partial charge in [-0.1, -0.05) is 42.8 Å². The zero-order valence-electron chi connectivity index (χ0n) is 20.7. The number of hydrogen-bond acceptors (Lipinski definition) is 6. The predicted octanol–water partition coefficient (Wildman–Crippen LogP) is 3.05. The van der Waals surface area contributed by atoms with Crippen molar-refractivity contribution in [1.29, 1.82) is 0 Å². The minimum absolute atomic E-state index is 0.0939. The fraction of sp³-hybridized carbons (Fsp3) is 0.370. The number of amides is 3. The molecule has 4 N–H and O–H groups in total. The first-order valence-corrected chi connectivity index (χ1v) is 12.3. The number of carboxylic acids is 1. The van der Waals surface area contributed by atoms with Crippen LogP contribution in [0.15, 0.2) is 60.9 Å². The number of benzene rings is 1. The fourth-order valence-corrected chi connectivity index (χ4v) is 3.32. The van der Waals surface area contributed by atoms with Gasteiger partial charge in [0, 0.05) is 38.0 Å². The highest BCUT2D eigenvalue weighted by Gasteiger charge is 2.19. The van der Waals surface area contributed by atoms with Gasteiger partial charge in [0.25, 0.3) is 0 Å². The summed E-state index contributed by atoms with van der Waals surface area (Å²) in [6.45, 7) is 0.803. The maximum Gasteiger partial charge on any atom is 0.407 e. The van der Waals surface area contributed by atoms with E-state index in [-0.39, 0.29) is 25.5 Å². The quantitative estimate of drug-likeness (QED) is 0.200. The monoisotopic (exact) mass is 510 g/mol. The molecule has 10 nitrogen and oxygen atoms in total. The van der Waals surface area contributed by atoms with Crippen molar-refractivity contribution in [3.8, 4) is 0 Å². The van der Waals surface area contributed by atoms with Gasteiger partial charge in [0.15, 0.2) is 0 Å². The van der Waals surface area contributed by atoms with E-state index in [1.807, 2.05) is 30.3 Å². The Labute approximate surface area is 216 Å². The topological polar surface area (TPSA) is 147 Å². The van der Waals surface area contributed by atoms with E-state index in [2.05, 4.69) is 20.9 Å². The maximum atomic E-state index is 12.7. The Morgan fingerprint density at radius 1 is 0.946 bits per heavy atom. The summed E-state index contributed by atoms with van der Waals surface area (Å²) >= 11 is 0. The predicted molar refractivity (Wildman–Crippen MR) is 138 cm³/mol. The molecule has 2 rings (SSSR count). The molecule has 0 saturated heterocycles. The van der Waals surface area contributed by atoms with Gasteiger partial charge >= 0.3 is 12.1 Å². The number of ether oxygens (including phenoxy) is 1. The number of aliphatic carboxylic acids is 1. The van der Waals surface area contributed by atoms with Crippen molar-refractivity contribution in [2.24, 2.45) is 0 Å². The molecule has 1 heterocycles. The van der Waals surface area contributed by atoms with Crippen LogP contribution in [0, 0.1) is 0 Å². The highest BCUT2D eigenvalue weighted by molar-refractivity contribution is 5.95. The van der Waals surface area contributed by atoms with Gasteiger partial charge in [-0.25, -0.2) is 4.79 Å². The van der Waals surface area contributed by atoms with Crippen LogP contribution >= 0.6 is 0 Å². The largest absolute Gasteiger partial charge is 0.481 e. The standard InChI is InChI=1S/C27H34N4O6/c32-24(15-14-21-11-7-16-28-19-21)31-23(26(35)29-17-6-2-5-13-25(33)34)12-8-18-30-27(36)37-20-22-9-3-1-4-10-22/h1,3-4,7,9-11,14-16,19,23H,2,5-6,8,12-13,17-18,20H2,(H,29,35)(H,30,36)(H,31,32)(H,33,34)/b15-14+/t23-/m0/s1. The molecular weight excluding hydrogens is 476 g/mol. The molecule has 0 bridgehead atoms. The molecule has 198 valence electrons. The van der Waals surface area contributed by atoms with Gasteiger partial charge < -0.3 is 25.8 Å². The molecule has 3 amide bonds. The van der Waals surface area contributed by atoms with Crippen LogP contribution in [0.25, 0.3) is 6.08 Å². The lowest BCUT2D eigenvalue weighted by molar-refractivity contribution is -0.137. The lowest BCUT2D eigenvalue weighted by Crippen LogP contribution is -2.46. The lowest BCUT2D eigenvalue weighted by Gasteiger charge is -2.18. The molecular formula is C27H34N4O6. The highest BCUT2D eigenvalue weighted by atomic mass is 16.5. The molecule has 1 aromatic carbocycles. The summed E-state index contributed by atoms with van der Waals surface area (Å²) in [6.07, 6.45) is 8.29. The van der Waals surface area contributed by atoms with Crippen LogP contribution in [0.3, 0.4) is 0 Å². The summed E-state index contributed by atoms with van der Waals surface area (Å²) in [5.74, 6) is -1.61. The summed E-state index contributed by atoms with van der Waals surface area (Å²) in [5.41, 5.74) is 1.62. The van der Waals surface area contributed by atoms with Gasteiger partial charge in [-0.2, -0.15) is 0 Å². The molecule has 0 aliphatic heterocycles. The van der Waals surface area contributed by atoms with Crippen molar-refractivity contribution in [3.05, 3.63) is 72.1 Å². The highest BCUT2D eigenvalue weighted by Crippen LogP contribution is 2.04. The molecule has 0 fully saturated rings. The van der Waals surface area contributed by atoms with E-state index in [0.29, 0.717) is 38.6 Å². The number of nitrogens with zero attached hydrogens (tertiary/aromatic N) is 1. The Kier molecular flexibility index (Phi) is 13.5. The Hall–Kier alpha value is -4.21. The van der Waals surface area contributed by atoms with E-state index in [9.17, 15) is 19.2 Å². The van der Waals surface area contributed by atoms with Gasteiger partial charge in [-0.15, -0.1) is 0 Å². The van der Waals surface area contributed by atoms with Crippen molar-refractivity contribution < 1.29 is 29.0 Å². The molecule has 1 atom stereocenters. The Morgan fingerprint density at radius 2 is 1.73 bits per heavy atom. The Morgan fingerprint density at radius 3 is 2.46 bits per heavy atom. The Bertz CT molecular complexity index is 1010. The van der Waals surface area contributed by atoms with E-state index >= 15 is 0 Å². The molecule has 0 aliphatic rings. The van der Waals surface area contributed by atoms with Crippen LogP contribution < -0.4 is 16.0 Å². The van der Waals surface area contributed by atoms with Crippen LogP contribution in [0.5, 0.6) is 0 Å². The molecule has 0 saturated carbocycles. The van der Waals surface area contributed by atoms with Crippen molar-refractivity contribution in [1.82, 2.24) is 20.9 Å². The van der Waals surface area contributed by atoms with E-state index in [1.54, 1.807) is 30.6 Å². The number of hydrogen-bond donors (Lipinski definition) is 4. The third-order valence-electron chi connectivity index (χ3n) is 5.26. The van der Waals surface area contributed by atoms with Crippen molar-refractivity contribution >= 4 is 30.0 Å². The second-order valence-electron chi connectivity index (χ2n) is 8.31. The third kappa shape index (κ3) is 13.5. The third-order valence-corrected chi connectivity index (χ3v) is 5.26. The van der Waals surface area contributed by atoms with Crippen LogP contribution in [0.4, 0.5) is 4.79 Å². The number of rotatable bonds is 16. The van der Waals surface area contributed by atoms with Gasteiger partial charge in [0.05, 0.1) is 0 Å². The summed E-state index contributed by atoms with van der Waals surface area (Å²) in [4.78, 5) is 51.6. The number of carbonyl (C=O) groups is 4. The van der Waals surface area contributed by atoms with E-state index < -0.39 is 24.0 Å². The number of carbonyl (C=O) groups excluding carboxylic acids is 3. The Balaban J connectivity index is 1.79. The van der Waals surface area contributed by atoms with E-state index in [1.165, 1.54) is 6.08 Å². The fourth-order valence-electron chi connectivity index (χ4n) is 3.32. The van der Waals surface area contributed by atoms with Gasteiger partial charge in [0.1, 0.15) is 12.6 Å². The number of nitrogens with one attached hydrogen (secondary N) is 3. The minimum Gasteiger partial charge on any atom is -0.481 e. The second-order valence-corrected chi connectivity index (χ2v) is 8.31. The first kappa shape index (κ1) is 29.0. The average Bonchev–Trinajstić information content (AvgIpc) is 2.90. The average molecular weight is 511 g/mol. The first-order chi connectivity index (χ1) is 17.9. The molecule has 0 aliphatic carbocycles. The van der Waals surface area contributed by atoms with Gasteiger partial charge in [-0.05, 0) is 49.0 Å². The van der Waals surface area contributed by atoms with Crippen molar-refractivity contribution in [3.63, 3.8) is 0 Å². The van der Waals surface area contributed by atoms with Crippen LogP contribution in [-0.4, -0.2) is 53.1 Å². The molecule has 0 radical (unpaired) electrons. The molecule has 2 aromatic rings. The summed E-state index contributed by atoms with van der Waals surface area (Å²) in [5, 5.41) is 16.8. The number of aromatic nitrogens is 1. The van der Waals surface area contributed by atoms with E-state index in [4.69, 9.17) is 9.84 Å². The molecule has 37 heavy (non-hydrogen) atoms. The van der Waals surface area contributed by atoms with Crippen molar-refractivity contribution in [2.75, 3.05) is 13.1 Å². The molecule has 10 heteroatoms. The SMILES string of the molecule is O=C(O)CCCCCNC(=O)[C@H](CCCNC(=O)OCc1ccccc1)NC(=O)/C=C/c1cccnc1. The zero-order chi connectivity index (χ0) is 26.7. The second kappa shape index (κ2) is 17.3. The molecule has 1 aromatic heterocycles. The van der Waals surface area contributed by atoms with Gasteiger partial charge in [0.2, 0.25) is 11.8 Å². The van der Waals surface area contributed by atoms with Crippen molar-refractivity contribution in [2.45, 2.75) is 51.2 Å². The molecule has 0 unspecified atom stereocenters. The first-order valence-electron chi connectivity index (χ1n) is 12.3. The maximum absolute atomic E-state index is 12.7. The molecule has 0 spiro atoms. The zero-order valence-corrected chi connectivity index (χ0v) is 20.7. The summed E-state index contributed by atoms with van der Waals surface area (Å²) in [6, 6.07) is 12.1. The van der Waals surface area contributed by atoms with E-state index in [0.717, 1.165) is 11.1 Å². The normalized spacial score (nSPS) is 11.5. The van der Waals surface area contributed by atoms with Gasteiger partial charge in [-0.3, -0.25) is 19.4 Å². The number of alkyl carbamates (subject to hydrolysis) is 1. The lowest BCUT2D eigenvalue weighted by atomic mass is 10.1. The summed E-state index contributed by atoms with van der Waals surface area (Å²) in [7, 11) is 0. The number of pyridine rings is 1. The number of unbranched alkanes of at least 4 members (excludes halogenated alkanes) is 2. The smallest absolute Gasteiger partial charge is 0.407 e. The summed E-state index contributed by atoms with van der Waals surface area (Å²) < 4.78 is 5.17. The number of carboxylic acid groups (broad SMARTS) is 1. The van der Waals surface area contributed by atoms with Crippen LogP contribution in [-0.2, 0) is 25.7 Å². The minimum atomic E-state index is -0.844. The van der Waals surface area contributed by atoms with Crippen LogP contribution in [0.1, 0.15) is 49.7 Å².